The van der Waals surface area contributed by atoms with Gasteiger partial charge in [0.1, 0.15) is 6.10 Å². The molecule has 0 bridgehead atoms. The Morgan fingerprint density at radius 3 is 2.84 bits per heavy atom. The van der Waals surface area contributed by atoms with Crippen LogP contribution in [0.2, 0.25) is 0 Å². The van der Waals surface area contributed by atoms with E-state index in [0.29, 0.717) is 25.4 Å². The van der Waals surface area contributed by atoms with Crippen molar-refractivity contribution in [1.29, 1.82) is 0 Å². The number of carbonyl (C=O) groups is 1. The molecular weight excluding hydrogens is 337 g/mol. The quantitative estimate of drug-likeness (QED) is 0.921. The van der Waals surface area contributed by atoms with Crippen LogP contribution in [0.25, 0.3) is 0 Å². The van der Waals surface area contributed by atoms with Crippen LogP contribution in [0.5, 0.6) is 5.88 Å². The van der Waals surface area contributed by atoms with Gasteiger partial charge in [-0.1, -0.05) is 6.07 Å². The van der Waals surface area contributed by atoms with Gasteiger partial charge < -0.3 is 15.0 Å². The summed E-state index contributed by atoms with van der Waals surface area (Å²) in [6, 6.07) is 7.41. The molecule has 0 radical (unpaired) electrons. The summed E-state index contributed by atoms with van der Waals surface area (Å²) in [5.74, 6) is 0.368. The van der Waals surface area contributed by atoms with E-state index in [-0.39, 0.29) is 11.8 Å². The van der Waals surface area contributed by atoms with Gasteiger partial charge in [0.25, 0.3) is 0 Å². The number of benzene rings is 1. The number of halogens is 3. The maximum absolute atomic E-state index is 12.7. The van der Waals surface area contributed by atoms with Crippen molar-refractivity contribution in [1.82, 2.24) is 15.1 Å². The van der Waals surface area contributed by atoms with E-state index in [1.807, 2.05) is 0 Å². The number of carbonyl (C=O) groups excluding carboxylic acids is 1. The Balaban J connectivity index is 1.58. The van der Waals surface area contributed by atoms with Crippen molar-refractivity contribution in [2.24, 2.45) is 0 Å². The van der Waals surface area contributed by atoms with E-state index < -0.39 is 17.8 Å². The molecule has 2 aromatic rings. The van der Waals surface area contributed by atoms with Crippen LogP contribution in [-0.2, 0) is 6.18 Å². The van der Waals surface area contributed by atoms with Crippen molar-refractivity contribution < 1.29 is 22.7 Å². The first-order valence-electron chi connectivity index (χ1n) is 7.59. The molecule has 132 valence electrons. The van der Waals surface area contributed by atoms with Crippen molar-refractivity contribution in [3.63, 3.8) is 0 Å². The van der Waals surface area contributed by atoms with Gasteiger partial charge in [-0.25, -0.2) is 4.79 Å². The molecule has 9 heteroatoms. The highest BCUT2D eigenvalue weighted by Crippen LogP contribution is 2.30. The number of aromatic nitrogens is 2. The number of amides is 2. The van der Waals surface area contributed by atoms with E-state index >= 15 is 0 Å². The smallest absolute Gasteiger partial charge is 0.416 e. The number of hydrogen-bond donors (Lipinski definition) is 1. The summed E-state index contributed by atoms with van der Waals surface area (Å²) < 4.78 is 43.8. The second kappa shape index (κ2) is 6.96. The molecule has 6 nitrogen and oxygen atoms in total. The van der Waals surface area contributed by atoms with E-state index in [1.54, 1.807) is 12.1 Å². The SMILES string of the molecule is O=C(Nc1cccc(C(F)(F)F)c1)N1CCC(Oc2cccnn2)C1. The third-order valence-electron chi connectivity index (χ3n) is 3.71. The number of hydrogen-bond acceptors (Lipinski definition) is 4. The van der Waals surface area contributed by atoms with E-state index in [1.165, 1.54) is 23.2 Å². The average Bonchev–Trinajstić information content (AvgIpc) is 3.04. The van der Waals surface area contributed by atoms with Gasteiger partial charge in [0, 0.05) is 30.9 Å². The molecule has 0 saturated carbocycles. The molecule has 1 N–H and O–H groups in total. The molecule has 0 spiro atoms. The number of rotatable bonds is 3. The second-order valence-corrected chi connectivity index (χ2v) is 5.55. The number of ether oxygens (including phenoxy) is 1. The monoisotopic (exact) mass is 352 g/mol. The fourth-order valence-corrected chi connectivity index (χ4v) is 2.51. The highest BCUT2D eigenvalue weighted by atomic mass is 19.4. The topological polar surface area (TPSA) is 67.4 Å². The van der Waals surface area contributed by atoms with Crippen molar-refractivity contribution >= 4 is 11.7 Å². The minimum Gasteiger partial charge on any atom is -0.471 e. The van der Waals surface area contributed by atoms with Gasteiger partial charge in [0.2, 0.25) is 5.88 Å². The summed E-state index contributed by atoms with van der Waals surface area (Å²) in [5, 5.41) is 10.0. The molecule has 1 saturated heterocycles. The number of nitrogens with zero attached hydrogens (tertiary/aromatic N) is 3. The number of nitrogens with one attached hydrogen (secondary N) is 1. The Bertz CT molecular complexity index is 740. The Morgan fingerprint density at radius 1 is 1.28 bits per heavy atom. The fraction of sp³-hybridized carbons (Fsp3) is 0.312. The standard InChI is InChI=1S/C16H15F3N4O2/c17-16(18,19)11-3-1-4-12(9-11)21-15(24)23-8-6-13(10-23)25-14-5-2-7-20-22-14/h1-5,7,9,13H,6,8,10H2,(H,21,24). The first-order chi connectivity index (χ1) is 11.9. The average molecular weight is 352 g/mol. The van der Waals surface area contributed by atoms with Crippen molar-refractivity contribution in [3.05, 3.63) is 48.2 Å². The molecule has 1 atom stereocenters. The number of alkyl halides is 3. The molecular formula is C16H15F3N4O2. The van der Waals surface area contributed by atoms with Crippen molar-refractivity contribution in [2.75, 3.05) is 18.4 Å². The first kappa shape index (κ1) is 17.0. The number of likely N-dealkylation sites (tertiary alicyclic amines) is 1. The Morgan fingerprint density at radius 2 is 2.12 bits per heavy atom. The molecule has 3 rings (SSSR count). The van der Waals surface area contributed by atoms with Gasteiger partial charge in [-0.15, -0.1) is 5.10 Å². The van der Waals surface area contributed by atoms with Crippen LogP contribution in [0, 0.1) is 0 Å². The van der Waals surface area contributed by atoms with Crippen LogP contribution in [0.15, 0.2) is 42.6 Å². The van der Waals surface area contributed by atoms with Gasteiger partial charge in [0.15, 0.2) is 0 Å². The largest absolute Gasteiger partial charge is 0.471 e. The molecule has 1 aliphatic heterocycles. The highest BCUT2D eigenvalue weighted by molar-refractivity contribution is 5.89. The molecule has 25 heavy (non-hydrogen) atoms. The molecule has 1 unspecified atom stereocenters. The van der Waals surface area contributed by atoms with Crippen LogP contribution in [-0.4, -0.2) is 40.3 Å². The Kier molecular flexibility index (Phi) is 4.73. The Hall–Kier alpha value is -2.84. The van der Waals surface area contributed by atoms with Gasteiger partial charge in [-0.2, -0.15) is 18.3 Å². The maximum Gasteiger partial charge on any atom is 0.416 e. The maximum atomic E-state index is 12.7. The van der Waals surface area contributed by atoms with Crippen LogP contribution in [0.4, 0.5) is 23.7 Å². The number of urea groups is 1. The van der Waals surface area contributed by atoms with Crippen LogP contribution in [0.1, 0.15) is 12.0 Å². The predicted molar refractivity (Wildman–Crippen MR) is 83.1 cm³/mol. The van der Waals surface area contributed by atoms with Crippen molar-refractivity contribution in [2.45, 2.75) is 18.7 Å². The van der Waals surface area contributed by atoms with E-state index in [4.69, 9.17) is 4.74 Å². The Labute approximate surface area is 141 Å². The van der Waals surface area contributed by atoms with Gasteiger partial charge in [0.05, 0.1) is 12.1 Å². The van der Waals surface area contributed by atoms with Crippen LogP contribution >= 0.6 is 0 Å². The number of anilines is 1. The van der Waals surface area contributed by atoms with Gasteiger partial charge in [-0.05, 0) is 24.3 Å². The normalized spacial score (nSPS) is 17.4. The molecule has 1 aromatic carbocycles. The zero-order valence-electron chi connectivity index (χ0n) is 13.0. The zero-order valence-corrected chi connectivity index (χ0v) is 13.0. The highest BCUT2D eigenvalue weighted by Gasteiger charge is 2.31. The predicted octanol–water partition coefficient (Wildman–Crippen LogP) is 3.18. The minimum absolute atomic E-state index is 0.0955. The summed E-state index contributed by atoms with van der Waals surface area (Å²) in [4.78, 5) is 13.7. The summed E-state index contributed by atoms with van der Waals surface area (Å²) in [6.07, 6.45) is -2.56. The molecule has 2 amide bonds. The zero-order chi connectivity index (χ0) is 17.9. The van der Waals surface area contributed by atoms with Crippen molar-refractivity contribution in [3.8, 4) is 5.88 Å². The molecule has 1 fully saturated rings. The summed E-state index contributed by atoms with van der Waals surface area (Å²) in [7, 11) is 0. The van der Waals surface area contributed by atoms with Crippen LogP contribution < -0.4 is 10.1 Å². The lowest BCUT2D eigenvalue weighted by Gasteiger charge is -2.18. The third kappa shape index (κ3) is 4.37. The van der Waals surface area contributed by atoms with Crippen LogP contribution in [0.3, 0.4) is 0 Å². The summed E-state index contributed by atoms with van der Waals surface area (Å²) in [6.45, 7) is 0.761. The lowest BCUT2D eigenvalue weighted by Crippen LogP contribution is -2.34. The fourth-order valence-electron chi connectivity index (χ4n) is 2.51. The lowest BCUT2D eigenvalue weighted by molar-refractivity contribution is -0.137. The minimum atomic E-state index is -4.45. The van der Waals surface area contributed by atoms with E-state index in [0.717, 1.165) is 12.1 Å². The van der Waals surface area contributed by atoms with Gasteiger partial charge in [-0.3, -0.25) is 0 Å². The second-order valence-electron chi connectivity index (χ2n) is 5.55. The first-order valence-corrected chi connectivity index (χ1v) is 7.59. The third-order valence-corrected chi connectivity index (χ3v) is 3.71. The van der Waals surface area contributed by atoms with Gasteiger partial charge >= 0.3 is 12.2 Å². The summed E-state index contributed by atoms with van der Waals surface area (Å²) >= 11 is 0. The summed E-state index contributed by atoms with van der Waals surface area (Å²) in [5.41, 5.74) is -0.714. The molecule has 0 aliphatic carbocycles. The molecule has 1 aromatic heterocycles. The molecule has 1 aliphatic rings. The van der Waals surface area contributed by atoms with E-state index in [2.05, 4.69) is 15.5 Å². The lowest BCUT2D eigenvalue weighted by atomic mass is 10.2. The van der Waals surface area contributed by atoms with E-state index in [9.17, 15) is 18.0 Å². The molecule has 2 heterocycles.